The van der Waals surface area contributed by atoms with Gasteiger partial charge in [-0.15, -0.1) is 0 Å². The summed E-state index contributed by atoms with van der Waals surface area (Å²) in [6, 6.07) is 1.41. The molecule has 0 N–H and O–H groups in total. The summed E-state index contributed by atoms with van der Waals surface area (Å²) in [7, 11) is 0. The smallest absolute Gasteiger partial charge is 0.234 e. The number of anilines is 1. The van der Waals surface area contributed by atoms with E-state index in [9.17, 15) is 9.18 Å². The Morgan fingerprint density at radius 3 is 2.71 bits per heavy atom. The lowest BCUT2D eigenvalue weighted by atomic mass is 9.94. The van der Waals surface area contributed by atoms with Crippen molar-refractivity contribution in [3.8, 4) is 10.6 Å². The molecule has 0 saturated carbocycles. The number of hydrogen-bond acceptors (Lipinski definition) is 5. The second-order valence-corrected chi connectivity index (χ2v) is 8.01. The van der Waals surface area contributed by atoms with E-state index in [0.29, 0.717) is 17.1 Å². The quantitative estimate of drug-likeness (QED) is 0.759. The van der Waals surface area contributed by atoms with Crippen molar-refractivity contribution in [2.75, 3.05) is 23.5 Å². The second kappa shape index (κ2) is 7.61. The van der Waals surface area contributed by atoms with Crippen LogP contribution >= 0.6 is 23.1 Å². The van der Waals surface area contributed by atoms with Gasteiger partial charge in [-0.05, 0) is 26.2 Å². The predicted octanol–water partition coefficient (Wildman–Crippen LogP) is 4.39. The highest BCUT2D eigenvalue weighted by molar-refractivity contribution is 7.98. The minimum atomic E-state index is -0.452. The third kappa shape index (κ3) is 3.95. The number of amides is 1. The Hall–Kier alpha value is -1.47. The van der Waals surface area contributed by atoms with Crippen LogP contribution in [0.25, 0.3) is 10.6 Å². The fourth-order valence-corrected chi connectivity index (χ4v) is 4.41. The first-order valence-corrected chi connectivity index (χ1v) is 9.90. The molecule has 2 rings (SSSR count). The molecular weight excluding hydrogens is 345 g/mol. The van der Waals surface area contributed by atoms with Crippen LogP contribution in [0.1, 0.15) is 26.5 Å². The summed E-state index contributed by atoms with van der Waals surface area (Å²) < 4.78 is 13.4. The minimum Gasteiger partial charge on any atom is -0.302 e. The molecule has 24 heavy (non-hydrogen) atoms. The van der Waals surface area contributed by atoms with E-state index in [2.05, 4.69) is 9.97 Å². The van der Waals surface area contributed by atoms with Gasteiger partial charge >= 0.3 is 0 Å². The van der Waals surface area contributed by atoms with E-state index in [1.807, 2.05) is 34.0 Å². The molecule has 2 aromatic heterocycles. The summed E-state index contributed by atoms with van der Waals surface area (Å²) >= 11 is 3.06. The number of aromatic nitrogens is 2. The molecule has 130 valence electrons. The number of aryl methyl sites for hydroxylation is 1. The molecule has 0 unspecified atom stereocenters. The molecule has 0 atom stereocenters. The Balaban J connectivity index is 2.38. The number of nitrogens with zero attached hydrogens (tertiary/aromatic N) is 3. The molecule has 4 nitrogen and oxygen atoms in total. The predicted molar refractivity (Wildman–Crippen MR) is 100 cm³/mol. The highest BCUT2D eigenvalue weighted by Gasteiger charge is 2.33. The van der Waals surface area contributed by atoms with Crippen LogP contribution in [-0.2, 0) is 4.79 Å². The van der Waals surface area contributed by atoms with E-state index in [0.717, 1.165) is 22.6 Å². The first kappa shape index (κ1) is 18.9. The molecule has 7 heteroatoms. The van der Waals surface area contributed by atoms with Crippen LogP contribution in [-0.4, -0.2) is 34.4 Å². The summed E-state index contributed by atoms with van der Waals surface area (Å²) in [5.74, 6) is 0.433. The molecule has 0 aromatic carbocycles. The van der Waals surface area contributed by atoms with Crippen molar-refractivity contribution in [3.63, 3.8) is 0 Å². The molecule has 0 aliphatic heterocycles. The van der Waals surface area contributed by atoms with E-state index in [1.165, 1.54) is 17.4 Å². The monoisotopic (exact) mass is 367 g/mol. The van der Waals surface area contributed by atoms with E-state index in [4.69, 9.17) is 0 Å². The van der Waals surface area contributed by atoms with Gasteiger partial charge in [0.2, 0.25) is 5.91 Å². The van der Waals surface area contributed by atoms with Gasteiger partial charge in [-0.3, -0.25) is 9.78 Å². The van der Waals surface area contributed by atoms with Gasteiger partial charge in [0, 0.05) is 24.1 Å². The van der Waals surface area contributed by atoms with Crippen LogP contribution < -0.4 is 4.90 Å². The summed E-state index contributed by atoms with van der Waals surface area (Å²) in [5, 5.41) is 1.49. The van der Waals surface area contributed by atoms with Crippen LogP contribution in [0.2, 0.25) is 0 Å². The Labute approximate surface area is 150 Å². The maximum absolute atomic E-state index is 13.4. The Morgan fingerprint density at radius 1 is 1.42 bits per heavy atom. The van der Waals surface area contributed by atoms with Crippen molar-refractivity contribution in [1.29, 1.82) is 0 Å². The number of rotatable bonds is 6. The van der Waals surface area contributed by atoms with Crippen molar-refractivity contribution in [3.05, 3.63) is 30.0 Å². The maximum Gasteiger partial charge on any atom is 0.234 e. The highest BCUT2D eigenvalue weighted by Crippen LogP contribution is 2.36. The number of pyridine rings is 1. The molecule has 0 fully saturated rings. The molecule has 2 heterocycles. The lowest BCUT2D eigenvalue weighted by Gasteiger charge is -2.30. The number of hydrogen-bond donors (Lipinski definition) is 0. The van der Waals surface area contributed by atoms with E-state index < -0.39 is 11.2 Å². The van der Waals surface area contributed by atoms with Gasteiger partial charge in [0.25, 0.3) is 0 Å². The van der Waals surface area contributed by atoms with Gasteiger partial charge in [-0.2, -0.15) is 11.8 Å². The first-order chi connectivity index (χ1) is 11.3. The van der Waals surface area contributed by atoms with Gasteiger partial charge in [0.1, 0.15) is 15.8 Å². The van der Waals surface area contributed by atoms with E-state index in [1.54, 1.807) is 22.9 Å². The zero-order chi connectivity index (χ0) is 17.9. The molecule has 0 radical (unpaired) electrons. The first-order valence-electron chi connectivity index (χ1n) is 7.69. The third-order valence-corrected chi connectivity index (χ3v) is 5.85. The molecule has 0 bridgehead atoms. The van der Waals surface area contributed by atoms with Crippen LogP contribution in [0.3, 0.4) is 0 Å². The Morgan fingerprint density at radius 2 is 2.12 bits per heavy atom. The normalized spacial score (nSPS) is 11.6. The van der Waals surface area contributed by atoms with Crippen LogP contribution in [0.15, 0.2) is 18.5 Å². The maximum atomic E-state index is 13.4. The topological polar surface area (TPSA) is 46.1 Å². The van der Waals surface area contributed by atoms with Gasteiger partial charge in [0.15, 0.2) is 0 Å². The van der Waals surface area contributed by atoms with E-state index >= 15 is 0 Å². The van der Waals surface area contributed by atoms with Gasteiger partial charge in [-0.1, -0.05) is 25.2 Å². The standard InChI is InChI=1S/C17H22FN3OS2/c1-6-21(16(22)17(3,4)10-23-5)15-11(2)20-14(24-15)12-7-13(18)9-19-8-12/h7-9H,6,10H2,1-5H3. The molecule has 1 amide bonds. The van der Waals surface area contributed by atoms with Crippen molar-refractivity contribution in [1.82, 2.24) is 9.97 Å². The van der Waals surface area contributed by atoms with Crippen LogP contribution in [0.4, 0.5) is 9.39 Å². The van der Waals surface area contributed by atoms with Gasteiger partial charge in [-0.25, -0.2) is 9.37 Å². The average molecular weight is 368 g/mol. The number of carbonyl (C=O) groups is 1. The number of thioether (sulfide) groups is 1. The summed E-state index contributed by atoms with van der Waals surface area (Å²) in [6.45, 7) is 8.32. The molecule has 0 saturated heterocycles. The van der Waals surface area contributed by atoms with Crippen LogP contribution in [0.5, 0.6) is 0 Å². The van der Waals surface area contributed by atoms with Crippen molar-refractivity contribution in [2.45, 2.75) is 27.7 Å². The largest absolute Gasteiger partial charge is 0.302 e. The minimum absolute atomic E-state index is 0.0787. The summed E-state index contributed by atoms with van der Waals surface area (Å²) in [4.78, 5) is 23.1. The third-order valence-electron chi connectivity index (χ3n) is 3.61. The Bertz CT molecular complexity index is 730. The zero-order valence-electron chi connectivity index (χ0n) is 14.6. The molecule has 0 aliphatic carbocycles. The van der Waals surface area contributed by atoms with Gasteiger partial charge in [0.05, 0.1) is 17.3 Å². The van der Waals surface area contributed by atoms with Gasteiger partial charge < -0.3 is 4.90 Å². The molecule has 0 spiro atoms. The lowest BCUT2D eigenvalue weighted by molar-refractivity contribution is -0.125. The number of carbonyl (C=O) groups excluding carboxylic acids is 1. The summed E-state index contributed by atoms with van der Waals surface area (Å²) in [6.07, 6.45) is 4.75. The average Bonchev–Trinajstić information content (AvgIpc) is 2.90. The summed E-state index contributed by atoms with van der Waals surface area (Å²) in [5.41, 5.74) is 0.947. The lowest BCUT2D eigenvalue weighted by Crippen LogP contribution is -2.42. The van der Waals surface area contributed by atoms with Crippen LogP contribution in [0, 0.1) is 18.2 Å². The second-order valence-electron chi connectivity index (χ2n) is 6.17. The molecular formula is C17H22FN3OS2. The van der Waals surface area contributed by atoms with Crippen molar-refractivity contribution in [2.24, 2.45) is 5.41 Å². The number of thiazole rings is 1. The fourth-order valence-electron chi connectivity index (χ4n) is 2.46. The highest BCUT2D eigenvalue weighted by atomic mass is 32.2. The Kier molecular flexibility index (Phi) is 5.98. The number of halogens is 1. The van der Waals surface area contributed by atoms with Crippen molar-refractivity contribution < 1.29 is 9.18 Å². The molecule has 2 aromatic rings. The SMILES string of the molecule is CCN(C(=O)C(C)(C)CSC)c1sc(-c2cncc(F)c2)nc1C. The van der Waals surface area contributed by atoms with Crippen molar-refractivity contribution >= 4 is 34.0 Å². The molecule has 0 aliphatic rings. The fraction of sp³-hybridized carbons (Fsp3) is 0.471. The van der Waals surface area contributed by atoms with E-state index in [-0.39, 0.29) is 5.91 Å². The zero-order valence-corrected chi connectivity index (χ0v) is 16.2.